The van der Waals surface area contributed by atoms with Crippen molar-refractivity contribution in [1.29, 1.82) is 0 Å². The Morgan fingerprint density at radius 1 is 1.30 bits per heavy atom. The smallest absolute Gasteiger partial charge is 0.303 e. The number of pyridine rings is 1. The van der Waals surface area contributed by atoms with E-state index in [2.05, 4.69) is 18.1 Å². The van der Waals surface area contributed by atoms with Gasteiger partial charge in [0.25, 0.3) is 5.91 Å². The van der Waals surface area contributed by atoms with Crippen LogP contribution in [0, 0.1) is 10.1 Å². The van der Waals surface area contributed by atoms with Gasteiger partial charge in [-0.05, 0) is 12.1 Å². The van der Waals surface area contributed by atoms with Crippen molar-refractivity contribution in [2.75, 3.05) is 18.8 Å². The van der Waals surface area contributed by atoms with E-state index in [1.165, 1.54) is 4.90 Å². The molecule has 1 heterocycles. The number of carbonyl (C=O) groups excluding carboxylic acids is 1. The third-order valence-electron chi connectivity index (χ3n) is 3.27. The van der Waals surface area contributed by atoms with Crippen molar-refractivity contribution in [3.8, 4) is 0 Å². The molecule has 2 N–H and O–H groups in total. The number of para-hydroxylation sites is 1. The standard InChI is InChI=1S/C16H16N4O3/c1-3-9-19(10-4-2)16(21)14-13(17)15(20(22)23)11-7-5-6-8-12(11)18-14/h3-8H,1-2,9-10,17H2. The number of hydrogen-bond acceptors (Lipinski definition) is 5. The molecule has 2 rings (SSSR count). The van der Waals surface area contributed by atoms with Crippen LogP contribution in [0.5, 0.6) is 0 Å². The Morgan fingerprint density at radius 3 is 2.48 bits per heavy atom. The number of anilines is 1. The Bertz CT molecular complexity index is 791. The quantitative estimate of drug-likeness (QED) is 0.501. The number of nitro groups is 1. The Morgan fingerprint density at radius 2 is 1.91 bits per heavy atom. The Labute approximate surface area is 132 Å². The molecule has 118 valence electrons. The fraction of sp³-hybridized carbons (Fsp3) is 0.125. The molecule has 7 nitrogen and oxygen atoms in total. The number of carbonyl (C=O) groups is 1. The summed E-state index contributed by atoms with van der Waals surface area (Å²) in [6.07, 6.45) is 3.10. The molecule has 0 radical (unpaired) electrons. The van der Waals surface area contributed by atoms with E-state index in [-0.39, 0.29) is 30.2 Å². The first kappa shape index (κ1) is 16.2. The molecule has 0 aliphatic rings. The number of rotatable bonds is 6. The lowest BCUT2D eigenvalue weighted by Gasteiger charge is -2.19. The first-order chi connectivity index (χ1) is 11.0. The van der Waals surface area contributed by atoms with E-state index in [4.69, 9.17) is 5.73 Å². The molecular formula is C16H16N4O3. The molecule has 0 atom stereocenters. The van der Waals surface area contributed by atoms with E-state index in [1.807, 2.05) is 0 Å². The average Bonchev–Trinajstić information content (AvgIpc) is 2.53. The van der Waals surface area contributed by atoms with Crippen molar-refractivity contribution in [2.24, 2.45) is 0 Å². The van der Waals surface area contributed by atoms with Crippen LogP contribution in [0.1, 0.15) is 10.5 Å². The second-order valence-electron chi connectivity index (χ2n) is 4.78. The molecule has 7 heteroatoms. The monoisotopic (exact) mass is 312 g/mol. The van der Waals surface area contributed by atoms with Crippen molar-refractivity contribution >= 4 is 28.2 Å². The molecule has 0 saturated heterocycles. The largest absolute Gasteiger partial charge is 0.391 e. The van der Waals surface area contributed by atoms with Crippen LogP contribution in [0.15, 0.2) is 49.6 Å². The highest BCUT2D eigenvalue weighted by atomic mass is 16.6. The summed E-state index contributed by atoms with van der Waals surface area (Å²) in [5, 5.41) is 11.7. The summed E-state index contributed by atoms with van der Waals surface area (Å²) in [6, 6.07) is 6.49. The number of fused-ring (bicyclic) bond motifs is 1. The maximum Gasteiger partial charge on any atom is 0.303 e. The summed E-state index contributed by atoms with van der Waals surface area (Å²) in [4.78, 5) is 29.0. The van der Waals surface area contributed by atoms with Crippen LogP contribution in [0.2, 0.25) is 0 Å². The van der Waals surface area contributed by atoms with E-state index in [0.29, 0.717) is 10.9 Å². The summed E-state index contributed by atoms with van der Waals surface area (Å²) in [5.74, 6) is -0.504. The molecule has 0 fully saturated rings. The number of benzene rings is 1. The average molecular weight is 312 g/mol. The van der Waals surface area contributed by atoms with Gasteiger partial charge in [0.1, 0.15) is 5.69 Å². The number of nitrogen functional groups attached to an aromatic ring is 1. The van der Waals surface area contributed by atoms with Crippen LogP contribution in [-0.4, -0.2) is 33.8 Å². The zero-order valence-electron chi connectivity index (χ0n) is 12.4. The van der Waals surface area contributed by atoms with Gasteiger partial charge in [-0.2, -0.15) is 0 Å². The first-order valence-corrected chi connectivity index (χ1v) is 6.85. The minimum absolute atomic E-state index is 0.140. The van der Waals surface area contributed by atoms with E-state index >= 15 is 0 Å². The topological polar surface area (TPSA) is 102 Å². The minimum Gasteiger partial charge on any atom is -0.391 e. The van der Waals surface area contributed by atoms with Crippen LogP contribution in [0.25, 0.3) is 10.9 Å². The molecule has 0 aliphatic carbocycles. The summed E-state index contributed by atoms with van der Waals surface area (Å²) < 4.78 is 0. The third kappa shape index (κ3) is 3.03. The minimum atomic E-state index is -0.596. The van der Waals surface area contributed by atoms with Gasteiger partial charge >= 0.3 is 5.69 Å². The molecule has 0 saturated carbocycles. The van der Waals surface area contributed by atoms with Crippen LogP contribution in [0.4, 0.5) is 11.4 Å². The van der Waals surface area contributed by atoms with Gasteiger partial charge in [0, 0.05) is 13.1 Å². The lowest BCUT2D eigenvalue weighted by Crippen LogP contribution is -2.32. The Balaban J connectivity index is 2.67. The predicted molar refractivity (Wildman–Crippen MR) is 89.1 cm³/mol. The SMILES string of the molecule is C=CCN(CC=C)C(=O)c1nc2ccccc2c([N+](=O)[O-])c1N. The molecule has 1 amide bonds. The van der Waals surface area contributed by atoms with Crippen molar-refractivity contribution in [1.82, 2.24) is 9.88 Å². The number of nitrogens with two attached hydrogens (primary N) is 1. The maximum atomic E-state index is 12.6. The first-order valence-electron chi connectivity index (χ1n) is 6.85. The highest BCUT2D eigenvalue weighted by molar-refractivity contribution is 6.05. The van der Waals surface area contributed by atoms with Gasteiger partial charge in [0.05, 0.1) is 15.8 Å². The summed E-state index contributed by atoms with van der Waals surface area (Å²) in [6.45, 7) is 7.69. The molecule has 2 aromatic rings. The van der Waals surface area contributed by atoms with Crippen LogP contribution in [0.3, 0.4) is 0 Å². The van der Waals surface area contributed by atoms with Crippen molar-refractivity contribution in [3.63, 3.8) is 0 Å². The molecule has 1 aromatic heterocycles. The Kier molecular flexibility index (Phi) is 4.70. The molecule has 0 bridgehead atoms. The maximum absolute atomic E-state index is 12.6. The fourth-order valence-electron chi connectivity index (χ4n) is 2.27. The number of amides is 1. The van der Waals surface area contributed by atoms with Crippen molar-refractivity contribution < 1.29 is 9.72 Å². The fourth-order valence-corrected chi connectivity index (χ4v) is 2.27. The molecule has 23 heavy (non-hydrogen) atoms. The normalized spacial score (nSPS) is 10.3. The van der Waals surface area contributed by atoms with Gasteiger partial charge in [-0.25, -0.2) is 4.98 Å². The van der Waals surface area contributed by atoms with Crippen LogP contribution >= 0.6 is 0 Å². The number of aromatic nitrogens is 1. The van der Waals surface area contributed by atoms with E-state index < -0.39 is 10.8 Å². The molecular weight excluding hydrogens is 296 g/mol. The summed E-state index contributed by atoms with van der Waals surface area (Å²) >= 11 is 0. The van der Waals surface area contributed by atoms with Gasteiger partial charge in [0.15, 0.2) is 5.69 Å². The van der Waals surface area contributed by atoms with Crippen LogP contribution < -0.4 is 5.73 Å². The Hall–Kier alpha value is -3.22. The molecule has 0 unspecified atom stereocenters. The van der Waals surface area contributed by atoms with Gasteiger partial charge < -0.3 is 10.6 Å². The second-order valence-corrected chi connectivity index (χ2v) is 4.78. The zero-order chi connectivity index (χ0) is 17.0. The van der Waals surface area contributed by atoms with E-state index in [0.717, 1.165) is 0 Å². The number of nitrogens with zero attached hydrogens (tertiary/aromatic N) is 3. The van der Waals surface area contributed by atoms with E-state index in [9.17, 15) is 14.9 Å². The lowest BCUT2D eigenvalue weighted by atomic mass is 10.1. The van der Waals surface area contributed by atoms with Gasteiger partial charge in [0.2, 0.25) is 0 Å². The van der Waals surface area contributed by atoms with Gasteiger partial charge in [-0.3, -0.25) is 14.9 Å². The number of hydrogen-bond donors (Lipinski definition) is 1. The van der Waals surface area contributed by atoms with Gasteiger partial charge in [-0.15, -0.1) is 13.2 Å². The predicted octanol–water partition coefficient (Wildman–Crippen LogP) is 2.54. The molecule has 0 aliphatic heterocycles. The van der Waals surface area contributed by atoms with Crippen LogP contribution in [-0.2, 0) is 0 Å². The summed E-state index contributed by atoms with van der Waals surface area (Å²) in [5.41, 5.74) is 5.53. The van der Waals surface area contributed by atoms with E-state index in [1.54, 1.807) is 36.4 Å². The summed E-state index contributed by atoms with van der Waals surface area (Å²) in [7, 11) is 0. The highest BCUT2D eigenvalue weighted by Crippen LogP contribution is 2.33. The van der Waals surface area contributed by atoms with Crippen molar-refractivity contribution in [2.45, 2.75) is 0 Å². The zero-order valence-corrected chi connectivity index (χ0v) is 12.4. The third-order valence-corrected chi connectivity index (χ3v) is 3.27. The van der Waals surface area contributed by atoms with Gasteiger partial charge in [-0.1, -0.05) is 24.3 Å². The molecule has 1 aromatic carbocycles. The molecule has 0 spiro atoms. The lowest BCUT2D eigenvalue weighted by molar-refractivity contribution is -0.382. The second kappa shape index (κ2) is 6.69. The highest BCUT2D eigenvalue weighted by Gasteiger charge is 2.27. The van der Waals surface area contributed by atoms with Crippen molar-refractivity contribution in [3.05, 3.63) is 65.4 Å².